The van der Waals surface area contributed by atoms with Crippen molar-refractivity contribution < 1.29 is 19.0 Å². The number of carbonyl (C=O) groups is 1. The molecular weight excluding hydrogens is 310 g/mol. The number of benzene rings is 1. The molecule has 1 aromatic carbocycles. The van der Waals surface area contributed by atoms with Gasteiger partial charge in [0.1, 0.15) is 0 Å². The molecule has 24 heavy (non-hydrogen) atoms. The molecule has 0 fully saturated rings. The number of aromatic nitrogens is 2. The summed E-state index contributed by atoms with van der Waals surface area (Å²) in [5.74, 6) is 2.12. The SMILES string of the molecule is COc1cc(Nc2ncc3c(n2)CCCC3=O)cc(OC)c1OC. The lowest BCUT2D eigenvalue weighted by molar-refractivity contribution is 0.0971. The van der Waals surface area contributed by atoms with Crippen molar-refractivity contribution in [3.63, 3.8) is 0 Å². The number of nitrogens with zero attached hydrogens (tertiary/aromatic N) is 2. The summed E-state index contributed by atoms with van der Waals surface area (Å²) < 4.78 is 16.0. The third kappa shape index (κ3) is 2.97. The molecule has 0 spiro atoms. The van der Waals surface area contributed by atoms with Gasteiger partial charge in [-0.2, -0.15) is 0 Å². The number of aryl methyl sites for hydroxylation is 1. The molecule has 0 aliphatic heterocycles. The Morgan fingerprint density at radius 1 is 1.04 bits per heavy atom. The van der Waals surface area contributed by atoms with Crippen molar-refractivity contribution in [1.29, 1.82) is 0 Å². The number of ketones is 1. The third-order valence-corrected chi connectivity index (χ3v) is 3.91. The topological polar surface area (TPSA) is 82.6 Å². The first-order chi connectivity index (χ1) is 11.7. The van der Waals surface area contributed by atoms with Crippen LogP contribution in [-0.2, 0) is 6.42 Å². The van der Waals surface area contributed by atoms with Crippen molar-refractivity contribution in [2.24, 2.45) is 0 Å². The zero-order valence-electron chi connectivity index (χ0n) is 13.9. The van der Waals surface area contributed by atoms with Crippen molar-refractivity contribution in [2.75, 3.05) is 26.6 Å². The molecule has 1 aliphatic carbocycles. The smallest absolute Gasteiger partial charge is 0.227 e. The average molecular weight is 329 g/mol. The van der Waals surface area contributed by atoms with Crippen molar-refractivity contribution >= 4 is 17.4 Å². The van der Waals surface area contributed by atoms with Crippen molar-refractivity contribution in [2.45, 2.75) is 19.3 Å². The van der Waals surface area contributed by atoms with Gasteiger partial charge >= 0.3 is 0 Å². The molecule has 1 aromatic heterocycles. The van der Waals surface area contributed by atoms with Crippen LogP contribution in [0.25, 0.3) is 0 Å². The molecule has 0 saturated carbocycles. The Labute approximate surface area is 140 Å². The molecule has 0 amide bonds. The summed E-state index contributed by atoms with van der Waals surface area (Å²) in [5, 5.41) is 3.12. The quantitative estimate of drug-likeness (QED) is 0.903. The fourth-order valence-electron chi connectivity index (χ4n) is 2.73. The highest BCUT2D eigenvalue weighted by Gasteiger charge is 2.20. The lowest BCUT2D eigenvalue weighted by Crippen LogP contribution is -2.14. The summed E-state index contributed by atoms with van der Waals surface area (Å²) in [4.78, 5) is 20.5. The molecule has 0 unspecified atom stereocenters. The number of Topliss-reactive ketones (excluding diaryl/α,β-unsaturated/α-hetero) is 1. The Kier molecular flexibility index (Phi) is 4.50. The maximum absolute atomic E-state index is 11.8. The lowest BCUT2D eigenvalue weighted by Gasteiger charge is -2.16. The molecule has 0 saturated heterocycles. The van der Waals surface area contributed by atoms with E-state index in [9.17, 15) is 4.79 Å². The molecular formula is C17H19N3O4. The van der Waals surface area contributed by atoms with Gasteiger partial charge in [-0.15, -0.1) is 0 Å². The molecule has 7 heteroatoms. The van der Waals surface area contributed by atoms with Crippen LogP contribution in [0.15, 0.2) is 18.3 Å². The number of carbonyl (C=O) groups excluding carboxylic acids is 1. The van der Waals surface area contributed by atoms with Crippen molar-refractivity contribution in [3.8, 4) is 17.2 Å². The van der Waals surface area contributed by atoms with E-state index in [0.717, 1.165) is 18.5 Å². The van der Waals surface area contributed by atoms with Gasteiger partial charge in [0.25, 0.3) is 0 Å². The second-order valence-electron chi connectivity index (χ2n) is 5.37. The molecule has 1 aliphatic rings. The summed E-state index contributed by atoms with van der Waals surface area (Å²) in [6, 6.07) is 3.55. The number of methoxy groups -OCH3 is 3. The standard InChI is InChI=1S/C17H19N3O4/c1-22-14-7-10(8-15(23-2)16(14)24-3)19-17-18-9-11-12(20-17)5-4-6-13(11)21/h7-9H,4-6H2,1-3H3,(H,18,19,20). The van der Waals surface area contributed by atoms with Gasteiger partial charge in [0.05, 0.1) is 32.6 Å². The molecule has 0 bridgehead atoms. The molecule has 0 radical (unpaired) electrons. The van der Waals surface area contributed by atoms with Gasteiger partial charge in [-0.25, -0.2) is 9.97 Å². The number of fused-ring (bicyclic) bond motifs is 1. The predicted molar refractivity (Wildman–Crippen MR) is 88.7 cm³/mol. The Morgan fingerprint density at radius 3 is 2.38 bits per heavy atom. The van der Waals surface area contributed by atoms with Crippen LogP contribution >= 0.6 is 0 Å². The van der Waals surface area contributed by atoms with Crippen LogP contribution in [0, 0.1) is 0 Å². The fourth-order valence-corrected chi connectivity index (χ4v) is 2.73. The minimum absolute atomic E-state index is 0.107. The van der Waals surface area contributed by atoms with Crippen LogP contribution in [0.5, 0.6) is 17.2 Å². The van der Waals surface area contributed by atoms with Crippen LogP contribution < -0.4 is 19.5 Å². The van der Waals surface area contributed by atoms with Crippen molar-refractivity contribution in [3.05, 3.63) is 29.6 Å². The van der Waals surface area contributed by atoms with Crippen LogP contribution in [0.2, 0.25) is 0 Å². The summed E-state index contributed by atoms with van der Waals surface area (Å²) in [6.45, 7) is 0. The summed E-state index contributed by atoms with van der Waals surface area (Å²) in [6.07, 6.45) is 3.76. The largest absolute Gasteiger partial charge is 0.493 e. The molecule has 2 aromatic rings. The first-order valence-corrected chi connectivity index (χ1v) is 7.62. The van der Waals surface area contributed by atoms with E-state index in [1.807, 2.05) is 0 Å². The third-order valence-electron chi connectivity index (χ3n) is 3.91. The normalized spacial score (nSPS) is 13.2. The maximum Gasteiger partial charge on any atom is 0.227 e. The number of hydrogen-bond acceptors (Lipinski definition) is 7. The van der Waals surface area contributed by atoms with Crippen LogP contribution in [0.4, 0.5) is 11.6 Å². The summed E-state index contributed by atoms with van der Waals surface area (Å²) in [7, 11) is 4.67. The van der Waals surface area contributed by atoms with E-state index >= 15 is 0 Å². The van der Waals surface area contributed by atoms with Gasteiger partial charge in [-0.1, -0.05) is 0 Å². The van der Waals surface area contributed by atoms with Gasteiger partial charge in [-0.3, -0.25) is 4.79 Å². The first-order valence-electron chi connectivity index (χ1n) is 7.62. The second kappa shape index (κ2) is 6.74. The van der Waals surface area contributed by atoms with Gasteiger partial charge in [0.15, 0.2) is 17.3 Å². The maximum atomic E-state index is 11.8. The number of anilines is 2. The van der Waals surface area contributed by atoms with E-state index in [4.69, 9.17) is 14.2 Å². The van der Waals surface area contributed by atoms with E-state index in [2.05, 4.69) is 15.3 Å². The van der Waals surface area contributed by atoms with Gasteiger partial charge in [0, 0.05) is 30.4 Å². The molecule has 1 heterocycles. The number of ether oxygens (including phenoxy) is 3. The van der Waals surface area contributed by atoms with Gasteiger partial charge in [-0.05, 0) is 12.8 Å². The van der Waals surface area contributed by atoms with Crippen LogP contribution in [-0.4, -0.2) is 37.1 Å². The minimum atomic E-state index is 0.107. The van der Waals surface area contributed by atoms with E-state index in [1.54, 1.807) is 39.7 Å². The predicted octanol–water partition coefficient (Wildman–Crippen LogP) is 2.77. The molecule has 126 valence electrons. The molecule has 0 atom stereocenters. The second-order valence-corrected chi connectivity index (χ2v) is 5.37. The number of hydrogen-bond donors (Lipinski definition) is 1. The number of nitrogens with one attached hydrogen (secondary N) is 1. The molecule has 3 rings (SSSR count). The van der Waals surface area contributed by atoms with Crippen molar-refractivity contribution in [1.82, 2.24) is 9.97 Å². The highest BCUT2D eigenvalue weighted by molar-refractivity contribution is 5.97. The zero-order valence-corrected chi connectivity index (χ0v) is 13.9. The van der Waals surface area contributed by atoms with Gasteiger partial charge < -0.3 is 19.5 Å². The molecule has 7 nitrogen and oxygen atoms in total. The molecule has 1 N–H and O–H groups in total. The van der Waals surface area contributed by atoms with E-state index in [1.165, 1.54) is 0 Å². The fraction of sp³-hybridized carbons (Fsp3) is 0.353. The zero-order chi connectivity index (χ0) is 17.1. The van der Waals surface area contributed by atoms with Gasteiger partial charge in [0.2, 0.25) is 11.7 Å². The van der Waals surface area contributed by atoms with E-state index in [0.29, 0.717) is 40.9 Å². The Bertz CT molecular complexity index is 751. The number of rotatable bonds is 5. The minimum Gasteiger partial charge on any atom is -0.493 e. The highest BCUT2D eigenvalue weighted by atomic mass is 16.5. The van der Waals surface area contributed by atoms with Crippen LogP contribution in [0.1, 0.15) is 28.9 Å². The first kappa shape index (κ1) is 16.0. The Hall–Kier alpha value is -2.83. The monoisotopic (exact) mass is 329 g/mol. The Balaban J connectivity index is 1.92. The highest BCUT2D eigenvalue weighted by Crippen LogP contribution is 2.40. The summed E-state index contributed by atoms with van der Waals surface area (Å²) >= 11 is 0. The van der Waals surface area contributed by atoms with E-state index in [-0.39, 0.29) is 5.78 Å². The van der Waals surface area contributed by atoms with E-state index < -0.39 is 0 Å². The summed E-state index contributed by atoms with van der Waals surface area (Å²) in [5.41, 5.74) is 2.11. The Morgan fingerprint density at radius 2 is 1.75 bits per heavy atom. The van der Waals surface area contributed by atoms with Crippen LogP contribution in [0.3, 0.4) is 0 Å². The average Bonchev–Trinajstić information content (AvgIpc) is 2.61. The lowest BCUT2D eigenvalue weighted by atomic mass is 9.96.